The molecule has 0 aliphatic heterocycles. The molecule has 1 aromatic heterocycles. The van der Waals surface area contributed by atoms with Gasteiger partial charge in [0, 0.05) is 19.2 Å². The van der Waals surface area contributed by atoms with Crippen molar-refractivity contribution in [3.63, 3.8) is 0 Å². The molecule has 1 unspecified atom stereocenters. The molecule has 1 amide bonds. The Morgan fingerprint density at radius 1 is 1.32 bits per heavy atom. The van der Waals surface area contributed by atoms with Gasteiger partial charge in [-0.1, -0.05) is 48.5 Å². The van der Waals surface area contributed by atoms with Crippen LogP contribution < -0.4 is 5.32 Å². The lowest BCUT2D eigenvalue weighted by Crippen LogP contribution is -2.31. The van der Waals surface area contributed by atoms with Crippen molar-refractivity contribution in [3.05, 3.63) is 29.8 Å². The molecule has 2 aromatic rings. The topological polar surface area (TPSA) is 59.8 Å². The standard InChI is InChI=1S/C16H22N4OS/c1-5-10-17-15(21)12(3)22-16-19-18-14(20(16)4)13-8-6-11(2)7-9-13/h6-9,12H,5,10H2,1-4H3,(H,17,21). The minimum absolute atomic E-state index is 0.0340. The summed E-state index contributed by atoms with van der Waals surface area (Å²) in [5.74, 6) is 0.843. The highest BCUT2D eigenvalue weighted by atomic mass is 32.2. The third kappa shape index (κ3) is 3.88. The zero-order valence-corrected chi connectivity index (χ0v) is 14.3. The number of hydrogen-bond acceptors (Lipinski definition) is 4. The lowest BCUT2D eigenvalue weighted by molar-refractivity contribution is -0.120. The first kappa shape index (κ1) is 16.5. The second-order valence-electron chi connectivity index (χ2n) is 5.28. The highest BCUT2D eigenvalue weighted by Gasteiger charge is 2.18. The molecule has 0 bridgehead atoms. The molecule has 2 rings (SSSR count). The van der Waals surface area contributed by atoms with Gasteiger partial charge in [-0.3, -0.25) is 4.79 Å². The van der Waals surface area contributed by atoms with Crippen molar-refractivity contribution in [1.29, 1.82) is 0 Å². The Morgan fingerprint density at radius 3 is 2.64 bits per heavy atom. The normalized spacial score (nSPS) is 12.2. The summed E-state index contributed by atoms with van der Waals surface area (Å²) in [6, 6.07) is 8.17. The van der Waals surface area contributed by atoms with E-state index in [1.54, 1.807) is 0 Å². The maximum atomic E-state index is 11.9. The van der Waals surface area contributed by atoms with Gasteiger partial charge >= 0.3 is 0 Å². The predicted molar refractivity (Wildman–Crippen MR) is 89.8 cm³/mol. The van der Waals surface area contributed by atoms with Crippen molar-refractivity contribution in [3.8, 4) is 11.4 Å². The van der Waals surface area contributed by atoms with Gasteiger partial charge in [0.05, 0.1) is 5.25 Å². The van der Waals surface area contributed by atoms with E-state index in [4.69, 9.17) is 0 Å². The molecule has 118 valence electrons. The molecule has 1 N–H and O–H groups in total. The molecule has 5 nitrogen and oxygen atoms in total. The third-order valence-electron chi connectivity index (χ3n) is 3.35. The summed E-state index contributed by atoms with van der Waals surface area (Å²) in [5, 5.41) is 11.9. The summed E-state index contributed by atoms with van der Waals surface area (Å²) in [7, 11) is 1.92. The van der Waals surface area contributed by atoms with E-state index in [-0.39, 0.29) is 11.2 Å². The lowest BCUT2D eigenvalue weighted by atomic mass is 10.1. The van der Waals surface area contributed by atoms with Crippen LogP contribution in [0.4, 0.5) is 0 Å². The largest absolute Gasteiger partial charge is 0.355 e. The van der Waals surface area contributed by atoms with Crippen LogP contribution in [0, 0.1) is 6.92 Å². The van der Waals surface area contributed by atoms with E-state index in [1.807, 2.05) is 37.6 Å². The molecule has 6 heteroatoms. The van der Waals surface area contributed by atoms with Gasteiger partial charge in [0.25, 0.3) is 0 Å². The lowest BCUT2D eigenvalue weighted by Gasteiger charge is -2.11. The molecule has 1 atom stereocenters. The summed E-state index contributed by atoms with van der Waals surface area (Å²) in [6.07, 6.45) is 0.935. The molecule has 1 heterocycles. The van der Waals surface area contributed by atoms with Gasteiger partial charge in [-0.2, -0.15) is 0 Å². The Hall–Kier alpha value is -1.82. The van der Waals surface area contributed by atoms with E-state index < -0.39 is 0 Å². The number of carbonyl (C=O) groups excluding carboxylic acids is 1. The monoisotopic (exact) mass is 318 g/mol. The van der Waals surface area contributed by atoms with Crippen LogP contribution in [-0.2, 0) is 11.8 Å². The average molecular weight is 318 g/mol. The second kappa shape index (κ2) is 7.45. The number of nitrogens with one attached hydrogen (secondary N) is 1. The molecule has 0 saturated heterocycles. The fraction of sp³-hybridized carbons (Fsp3) is 0.438. The summed E-state index contributed by atoms with van der Waals surface area (Å²) in [5.41, 5.74) is 2.23. The van der Waals surface area contributed by atoms with E-state index in [0.717, 1.165) is 23.0 Å². The van der Waals surface area contributed by atoms with E-state index in [1.165, 1.54) is 17.3 Å². The first-order chi connectivity index (χ1) is 10.5. The first-order valence-electron chi connectivity index (χ1n) is 7.43. The number of aryl methyl sites for hydroxylation is 1. The summed E-state index contributed by atoms with van der Waals surface area (Å²) >= 11 is 1.42. The van der Waals surface area contributed by atoms with Crippen molar-refractivity contribution in [1.82, 2.24) is 20.1 Å². The van der Waals surface area contributed by atoms with Crippen LogP contribution in [0.2, 0.25) is 0 Å². The average Bonchev–Trinajstić information content (AvgIpc) is 2.86. The van der Waals surface area contributed by atoms with Gasteiger partial charge in [0.1, 0.15) is 0 Å². The van der Waals surface area contributed by atoms with Crippen molar-refractivity contribution >= 4 is 17.7 Å². The van der Waals surface area contributed by atoms with E-state index in [0.29, 0.717) is 6.54 Å². The Balaban J connectivity index is 2.11. The number of amides is 1. The van der Waals surface area contributed by atoms with Crippen molar-refractivity contribution in [2.75, 3.05) is 6.54 Å². The van der Waals surface area contributed by atoms with E-state index in [9.17, 15) is 4.79 Å². The number of hydrogen-bond donors (Lipinski definition) is 1. The minimum Gasteiger partial charge on any atom is -0.355 e. The smallest absolute Gasteiger partial charge is 0.233 e. The van der Waals surface area contributed by atoms with Crippen molar-refractivity contribution < 1.29 is 4.79 Å². The SMILES string of the molecule is CCCNC(=O)C(C)Sc1nnc(-c2ccc(C)cc2)n1C. The number of carbonyl (C=O) groups is 1. The molecular formula is C16H22N4OS. The van der Waals surface area contributed by atoms with Crippen LogP contribution in [-0.4, -0.2) is 32.5 Å². The van der Waals surface area contributed by atoms with Gasteiger partial charge in [-0.25, -0.2) is 0 Å². The second-order valence-corrected chi connectivity index (χ2v) is 6.59. The third-order valence-corrected chi connectivity index (χ3v) is 4.48. The number of benzene rings is 1. The molecular weight excluding hydrogens is 296 g/mol. The van der Waals surface area contributed by atoms with Gasteiger partial charge in [-0.05, 0) is 20.3 Å². The summed E-state index contributed by atoms with van der Waals surface area (Å²) in [4.78, 5) is 11.9. The van der Waals surface area contributed by atoms with Crippen LogP contribution in [0.25, 0.3) is 11.4 Å². The summed E-state index contributed by atoms with van der Waals surface area (Å²) < 4.78 is 1.93. The Bertz CT molecular complexity index is 636. The first-order valence-corrected chi connectivity index (χ1v) is 8.31. The van der Waals surface area contributed by atoms with Gasteiger partial charge in [0.2, 0.25) is 5.91 Å². The molecule has 0 radical (unpaired) electrons. The van der Waals surface area contributed by atoms with Crippen molar-refractivity contribution in [2.24, 2.45) is 7.05 Å². The number of thioether (sulfide) groups is 1. The predicted octanol–water partition coefficient (Wildman–Crippen LogP) is 2.80. The van der Waals surface area contributed by atoms with Gasteiger partial charge in [0.15, 0.2) is 11.0 Å². The maximum absolute atomic E-state index is 11.9. The quantitative estimate of drug-likeness (QED) is 0.832. The Morgan fingerprint density at radius 2 is 2.00 bits per heavy atom. The van der Waals surface area contributed by atoms with Crippen LogP contribution in [0.15, 0.2) is 29.4 Å². The fourth-order valence-corrected chi connectivity index (χ4v) is 2.81. The fourth-order valence-electron chi connectivity index (χ4n) is 1.98. The molecule has 1 aromatic carbocycles. The van der Waals surface area contributed by atoms with E-state index in [2.05, 4.69) is 34.6 Å². The Kier molecular flexibility index (Phi) is 5.60. The maximum Gasteiger partial charge on any atom is 0.233 e. The molecule has 0 aliphatic carbocycles. The van der Waals surface area contributed by atoms with Crippen LogP contribution in [0.5, 0.6) is 0 Å². The minimum atomic E-state index is -0.194. The molecule has 0 aliphatic rings. The van der Waals surface area contributed by atoms with Crippen LogP contribution >= 0.6 is 11.8 Å². The highest BCUT2D eigenvalue weighted by molar-refractivity contribution is 8.00. The number of rotatable bonds is 6. The molecule has 0 fully saturated rings. The number of aromatic nitrogens is 3. The van der Waals surface area contributed by atoms with Crippen LogP contribution in [0.1, 0.15) is 25.8 Å². The van der Waals surface area contributed by atoms with Gasteiger partial charge in [-0.15, -0.1) is 10.2 Å². The zero-order chi connectivity index (χ0) is 16.1. The molecule has 22 heavy (non-hydrogen) atoms. The summed E-state index contributed by atoms with van der Waals surface area (Å²) in [6.45, 7) is 6.68. The van der Waals surface area contributed by atoms with E-state index >= 15 is 0 Å². The van der Waals surface area contributed by atoms with Crippen molar-refractivity contribution in [2.45, 2.75) is 37.6 Å². The van der Waals surface area contributed by atoms with Gasteiger partial charge < -0.3 is 9.88 Å². The molecule has 0 saturated carbocycles. The molecule has 0 spiro atoms. The zero-order valence-electron chi connectivity index (χ0n) is 13.5. The number of nitrogens with zero attached hydrogens (tertiary/aromatic N) is 3. The highest BCUT2D eigenvalue weighted by Crippen LogP contribution is 2.25. The van der Waals surface area contributed by atoms with Crippen LogP contribution in [0.3, 0.4) is 0 Å². The Labute approximate surface area is 135 Å².